The van der Waals surface area contributed by atoms with Crippen molar-refractivity contribution >= 4 is 11.8 Å². The first-order valence-corrected chi connectivity index (χ1v) is 8.10. The Balaban J connectivity index is 2.42. The molecule has 0 aliphatic heterocycles. The third-order valence-corrected chi connectivity index (χ3v) is 4.09. The lowest BCUT2D eigenvalue weighted by Crippen LogP contribution is -2.27. The summed E-state index contributed by atoms with van der Waals surface area (Å²) in [4.78, 5) is 1.33. The summed E-state index contributed by atoms with van der Waals surface area (Å²) in [5, 5.41) is 0. The van der Waals surface area contributed by atoms with Crippen molar-refractivity contribution in [2.45, 2.75) is 50.0 Å². The molecule has 106 valence electrons. The van der Waals surface area contributed by atoms with Gasteiger partial charge >= 0.3 is 0 Å². The molecule has 0 spiro atoms. The number of hydrogen-bond donors (Lipinski definition) is 2. The van der Waals surface area contributed by atoms with E-state index in [0.29, 0.717) is 0 Å². The van der Waals surface area contributed by atoms with E-state index in [0.717, 1.165) is 18.6 Å². The van der Waals surface area contributed by atoms with Gasteiger partial charge in [-0.25, -0.2) is 0 Å². The Kier molecular flexibility index (Phi) is 8.63. The second-order valence-corrected chi connectivity index (χ2v) is 5.99. The van der Waals surface area contributed by atoms with Gasteiger partial charge in [0, 0.05) is 10.9 Å². The number of nitrogens with two attached hydrogens (primary N) is 1. The number of hydrogen-bond acceptors (Lipinski definition) is 3. The average Bonchev–Trinajstić information content (AvgIpc) is 2.44. The lowest BCUT2D eigenvalue weighted by Gasteiger charge is -2.16. The van der Waals surface area contributed by atoms with E-state index in [2.05, 4.69) is 43.2 Å². The van der Waals surface area contributed by atoms with E-state index in [4.69, 9.17) is 5.84 Å². The summed E-state index contributed by atoms with van der Waals surface area (Å²) in [6, 6.07) is 9.01. The standard InChI is InChI=1S/C16H26N2S/c1-3-5-6-7-8-9-16(18-17)14-10-12-15(13-11-14)19-4-2/h3,10-13,16,18H,1,4-9,17H2,2H3. The number of nitrogens with one attached hydrogen (secondary N) is 1. The Hall–Kier alpha value is -0.770. The van der Waals surface area contributed by atoms with Crippen LogP contribution < -0.4 is 11.3 Å². The molecule has 0 bridgehead atoms. The number of allylic oxidation sites excluding steroid dienone is 1. The molecule has 0 fully saturated rings. The zero-order chi connectivity index (χ0) is 13.9. The second-order valence-electron chi connectivity index (χ2n) is 4.65. The van der Waals surface area contributed by atoms with Crippen LogP contribution >= 0.6 is 11.8 Å². The maximum atomic E-state index is 5.67. The van der Waals surface area contributed by atoms with Crippen LogP contribution in [0.15, 0.2) is 41.8 Å². The average molecular weight is 278 g/mol. The monoisotopic (exact) mass is 278 g/mol. The smallest absolute Gasteiger partial charge is 0.0460 e. The zero-order valence-corrected chi connectivity index (χ0v) is 12.7. The molecule has 3 heteroatoms. The second kappa shape index (κ2) is 10.1. The SMILES string of the molecule is C=CCCCCCC(NN)c1ccc(SCC)cc1. The minimum absolute atomic E-state index is 0.268. The number of benzene rings is 1. The van der Waals surface area contributed by atoms with Crippen LogP contribution in [0, 0.1) is 0 Å². The molecule has 0 amide bonds. The fourth-order valence-corrected chi connectivity index (χ4v) is 2.79. The summed E-state index contributed by atoms with van der Waals surface area (Å²) < 4.78 is 0. The van der Waals surface area contributed by atoms with Gasteiger partial charge in [0.25, 0.3) is 0 Å². The largest absolute Gasteiger partial charge is 0.271 e. The highest BCUT2D eigenvalue weighted by Gasteiger charge is 2.08. The fourth-order valence-electron chi connectivity index (χ4n) is 2.12. The van der Waals surface area contributed by atoms with E-state index < -0.39 is 0 Å². The summed E-state index contributed by atoms with van der Waals surface area (Å²) in [6.45, 7) is 5.92. The predicted octanol–water partition coefficient (Wildman–Crippen LogP) is 4.44. The van der Waals surface area contributed by atoms with E-state index >= 15 is 0 Å². The van der Waals surface area contributed by atoms with Crippen molar-refractivity contribution < 1.29 is 0 Å². The van der Waals surface area contributed by atoms with Crippen molar-refractivity contribution in [2.24, 2.45) is 5.84 Å². The van der Waals surface area contributed by atoms with Crippen molar-refractivity contribution in [2.75, 3.05) is 5.75 Å². The van der Waals surface area contributed by atoms with E-state index in [1.807, 2.05) is 17.8 Å². The summed E-state index contributed by atoms with van der Waals surface area (Å²) in [5.74, 6) is 6.78. The van der Waals surface area contributed by atoms with Crippen LogP contribution in [0.1, 0.15) is 50.6 Å². The lowest BCUT2D eigenvalue weighted by atomic mass is 10.0. The van der Waals surface area contributed by atoms with Gasteiger partial charge in [-0.2, -0.15) is 0 Å². The van der Waals surface area contributed by atoms with Crippen LogP contribution in [0.2, 0.25) is 0 Å². The first-order chi connectivity index (χ1) is 9.31. The molecule has 3 N–H and O–H groups in total. The third-order valence-electron chi connectivity index (χ3n) is 3.20. The summed E-state index contributed by atoms with van der Waals surface area (Å²) in [7, 11) is 0. The Morgan fingerprint density at radius 2 is 2.00 bits per heavy atom. The Labute approximate surface area is 121 Å². The molecule has 19 heavy (non-hydrogen) atoms. The van der Waals surface area contributed by atoms with Gasteiger partial charge in [0.2, 0.25) is 0 Å². The minimum atomic E-state index is 0.268. The van der Waals surface area contributed by atoms with E-state index in [1.165, 1.54) is 29.7 Å². The molecule has 0 heterocycles. The Morgan fingerprint density at radius 3 is 2.58 bits per heavy atom. The van der Waals surface area contributed by atoms with Crippen molar-refractivity contribution in [3.8, 4) is 0 Å². The fraction of sp³-hybridized carbons (Fsp3) is 0.500. The maximum absolute atomic E-state index is 5.67. The van der Waals surface area contributed by atoms with Gasteiger partial charge in [0.15, 0.2) is 0 Å². The number of thioether (sulfide) groups is 1. The molecular weight excluding hydrogens is 252 g/mol. The van der Waals surface area contributed by atoms with Crippen molar-refractivity contribution in [3.05, 3.63) is 42.5 Å². The van der Waals surface area contributed by atoms with Crippen LogP contribution in [0.3, 0.4) is 0 Å². The highest BCUT2D eigenvalue weighted by atomic mass is 32.2. The van der Waals surface area contributed by atoms with Crippen molar-refractivity contribution in [3.63, 3.8) is 0 Å². The molecule has 1 aromatic rings. The molecule has 1 rings (SSSR count). The molecule has 0 aliphatic rings. The maximum Gasteiger partial charge on any atom is 0.0460 e. The van der Waals surface area contributed by atoms with E-state index in [1.54, 1.807) is 0 Å². The first kappa shape index (κ1) is 16.3. The van der Waals surface area contributed by atoms with E-state index in [9.17, 15) is 0 Å². The third kappa shape index (κ3) is 6.28. The van der Waals surface area contributed by atoms with Crippen LogP contribution in [0.5, 0.6) is 0 Å². The predicted molar refractivity (Wildman–Crippen MR) is 86.2 cm³/mol. The normalized spacial score (nSPS) is 12.3. The molecule has 1 atom stereocenters. The molecule has 0 aliphatic carbocycles. The quantitative estimate of drug-likeness (QED) is 0.218. The van der Waals surface area contributed by atoms with Crippen LogP contribution in [-0.4, -0.2) is 5.75 Å². The molecule has 2 nitrogen and oxygen atoms in total. The van der Waals surface area contributed by atoms with Gasteiger partial charge in [-0.1, -0.05) is 38.0 Å². The minimum Gasteiger partial charge on any atom is -0.271 e. The lowest BCUT2D eigenvalue weighted by molar-refractivity contribution is 0.484. The number of unbranched alkanes of at least 4 members (excludes halogenated alkanes) is 3. The van der Waals surface area contributed by atoms with Crippen molar-refractivity contribution in [1.29, 1.82) is 0 Å². The van der Waals surface area contributed by atoms with Gasteiger partial charge < -0.3 is 0 Å². The van der Waals surface area contributed by atoms with Crippen molar-refractivity contribution in [1.82, 2.24) is 5.43 Å². The van der Waals surface area contributed by atoms with E-state index in [-0.39, 0.29) is 6.04 Å². The van der Waals surface area contributed by atoms with Crippen LogP contribution in [-0.2, 0) is 0 Å². The topological polar surface area (TPSA) is 38.0 Å². The first-order valence-electron chi connectivity index (χ1n) is 7.11. The molecule has 0 radical (unpaired) electrons. The number of rotatable bonds is 10. The zero-order valence-electron chi connectivity index (χ0n) is 11.9. The Bertz CT molecular complexity index is 348. The highest BCUT2D eigenvalue weighted by molar-refractivity contribution is 7.99. The summed E-state index contributed by atoms with van der Waals surface area (Å²) in [6.07, 6.45) is 7.87. The molecule has 1 aromatic carbocycles. The molecule has 1 unspecified atom stereocenters. The van der Waals surface area contributed by atoms with Gasteiger partial charge in [-0.05, 0) is 42.7 Å². The molecule has 0 saturated heterocycles. The van der Waals surface area contributed by atoms with Crippen LogP contribution in [0.25, 0.3) is 0 Å². The molecule has 0 saturated carbocycles. The summed E-state index contributed by atoms with van der Waals surface area (Å²) >= 11 is 1.87. The van der Waals surface area contributed by atoms with Gasteiger partial charge in [0.05, 0.1) is 0 Å². The van der Waals surface area contributed by atoms with Gasteiger partial charge in [-0.3, -0.25) is 11.3 Å². The molecular formula is C16H26N2S. The van der Waals surface area contributed by atoms with Gasteiger partial charge in [-0.15, -0.1) is 18.3 Å². The number of hydrazine groups is 1. The highest BCUT2D eigenvalue weighted by Crippen LogP contribution is 2.23. The molecule has 0 aromatic heterocycles. The van der Waals surface area contributed by atoms with Crippen LogP contribution in [0.4, 0.5) is 0 Å². The Morgan fingerprint density at radius 1 is 1.26 bits per heavy atom. The van der Waals surface area contributed by atoms with Gasteiger partial charge in [0.1, 0.15) is 0 Å². The summed E-state index contributed by atoms with van der Waals surface area (Å²) in [5.41, 5.74) is 4.22.